The van der Waals surface area contributed by atoms with Crippen LogP contribution < -0.4 is 0 Å². The van der Waals surface area contributed by atoms with Crippen molar-refractivity contribution in [3.05, 3.63) is 156 Å². The Labute approximate surface area is 251 Å². The lowest BCUT2D eigenvalue weighted by atomic mass is 9.86. The van der Waals surface area contributed by atoms with E-state index in [2.05, 4.69) is 0 Å². The van der Waals surface area contributed by atoms with Gasteiger partial charge in [-0.2, -0.15) is 0 Å². The summed E-state index contributed by atoms with van der Waals surface area (Å²) >= 11 is 0. The molecule has 1 heterocycles. The molecule has 0 bridgehead atoms. The zero-order valence-electron chi connectivity index (χ0n) is 34.0. The third-order valence-corrected chi connectivity index (χ3v) is 7.27. The van der Waals surface area contributed by atoms with Crippen LogP contribution >= 0.6 is 0 Å². The van der Waals surface area contributed by atoms with Gasteiger partial charge in [0.05, 0.1) is 17.8 Å². The largest absolute Gasteiger partial charge is 0.455 e. The van der Waals surface area contributed by atoms with Gasteiger partial charge in [-0.25, -0.2) is 0 Å². The summed E-state index contributed by atoms with van der Waals surface area (Å²) in [6.07, 6.45) is -0.479. The molecule has 188 valence electrons. The van der Waals surface area contributed by atoms with Crippen molar-refractivity contribution in [2.24, 2.45) is 0 Å². The molecule has 0 N–H and O–H groups in total. The van der Waals surface area contributed by atoms with Gasteiger partial charge in [0.1, 0.15) is 11.2 Å². The van der Waals surface area contributed by atoms with Crippen molar-refractivity contribution in [3.8, 4) is 22.3 Å². The number of benzene rings is 7. The quantitative estimate of drug-likeness (QED) is 0.209. The van der Waals surface area contributed by atoms with Gasteiger partial charge >= 0.3 is 0 Å². The first-order chi connectivity index (χ1) is 25.2. The highest BCUT2D eigenvalue weighted by Gasteiger charge is 2.16. The van der Waals surface area contributed by atoms with Crippen molar-refractivity contribution in [2.45, 2.75) is 6.42 Å². The molecule has 40 heavy (non-hydrogen) atoms. The van der Waals surface area contributed by atoms with Crippen LogP contribution in [-0.2, 0) is 6.42 Å². The second-order valence-corrected chi connectivity index (χ2v) is 9.49. The van der Waals surface area contributed by atoms with Crippen LogP contribution in [0.1, 0.15) is 28.9 Å². The number of hydrogen-bond donors (Lipinski definition) is 0. The number of para-hydroxylation sites is 2. The lowest BCUT2D eigenvalue weighted by Gasteiger charge is -2.18. The Bertz CT molecular complexity index is 2790. The highest BCUT2D eigenvalue weighted by molar-refractivity contribution is 6.15. The minimum absolute atomic E-state index is 0.00976. The molecule has 0 aliphatic rings. The van der Waals surface area contributed by atoms with E-state index in [0.717, 1.165) is 27.5 Å². The summed E-state index contributed by atoms with van der Waals surface area (Å²) in [5, 5.41) is 1.69. The van der Waals surface area contributed by atoms with Crippen LogP contribution in [0.3, 0.4) is 0 Å². The maximum Gasteiger partial charge on any atom is 0.143 e. The van der Waals surface area contributed by atoms with Gasteiger partial charge in [-0.3, -0.25) is 0 Å². The fourth-order valence-electron chi connectivity index (χ4n) is 5.50. The van der Waals surface area contributed by atoms with E-state index in [9.17, 15) is 0 Å². The van der Waals surface area contributed by atoms with E-state index in [1.165, 1.54) is 0 Å². The Morgan fingerprint density at radius 1 is 0.500 bits per heavy atom. The summed E-state index contributed by atoms with van der Waals surface area (Å²) < 4.78 is 119. The second kappa shape index (κ2) is 9.25. The predicted octanol–water partition coefficient (Wildman–Crippen LogP) is 10.8. The molecule has 1 nitrogen and oxygen atoms in total. The first kappa shape index (κ1) is 13.3. The summed E-state index contributed by atoms with van der Waals surface area (Å²) in [5.74, 6) is 0. The fourth-order valence-corrected chi connectivity index (χ4v) is 5.50. The third-order valence-electron chi connectivity index (χ3n) is 7.27. The van der Waals surface area contributed by atoms with Crippen LogP contribution in [0.15, 0.2) is 150 Å². The Kier molecular flexibility index (Phi) is 3.07. The van der Waals surface area contributed by atoms with Crippen LogP contribution in [0.4, 0.5) is 0 Å². The molecule has 0 radical (unpaired) electrons. The van der Waals surface area contributed by atoms with Gasteiger partial charge in [-0.05, 0) is 61.8 Å². The van der Waals surface area contributed by atoms with Crippen LogP contribution in [0.5, 0.6) is 0 Å². The topological polar surface area (TPSA) is 13.1 Å². The summed E-state index contributed by atoms with van der Waals surface area (Å²) in [4.78, 5) is 0. The Morgan fingerprint density at radius 3 is 1.82 bits per heavy atom. The maximum absolute atomic E-state index is 9.13. The van der Waals surface area contributed by atoms with E-state index in [0.29, 0.717) is 11.1 Å². The fraction of sp³-hybridized carbons (Fsp3) is 0.0256. The van der Waals surface area contributed by atoms with Crippen molar-refractivity contribution in [1.82, 2.24) is 0 Å². The molecule has 0 unspecified atom stereocenters. The van der Waals surface area contributed by atoms with E-state index in [1.807, 2.05) is 54.6 Å². The van der Waals surface area contributed by atoms with E-state index in [-0.39, 0.29) is 38.2 Å². The molecule has 1 heteroatoms. The summed E-state index contributed by atoms with van der Waals surface area (Å²) in [6, 6.07) is 13.5. The Morgan fingerprint density at radius 2 is 1.10 bits per heavy atom. The maximum atomic E-state index is 9.13. The average Bonchev–Trinajstić information content (AvgIpc) is 3.56. The number of rotatable bonds is 4. The minimum atomic E-state index is -0.613. The highest BCUT2D eigenvalue weighted by Crippen LogP contribution is 2.41. The number of hydrogen-bond acceptors (Lipinski definition) is 1. The molecule has 0 aliphatic carbocycles. The van der Waals surface area contributed by atoms with Gasteiger partial charge < -0.3 is 4.42 Å². The van der Waals surface area contributed by atoms with E-state index in [1.54, 1.807) is 12.1 Å². The number of furan rings is 1. The predicted molar refractivity (Wildman–Crippen MR) is 169 cm³/mol. The van der Waals surface area contributed by atoms with Gasteiger partial charge in [-0.15, -0.1) is 0 Å². The molecular formula is C39H26O. The molecule has 0 spiro atoms. The summed E-state index contributed by atoms with van der Waals surface area (Å²) in [5.41, 5.74) is 3.34. The zero-order chi connectivity index (χ0) is 37.8. The van der Waals surface area contributed by atoms with Gasteiger partial charge in [0.25, 0.3) is 0 Å². The van der Waals surface area contributed by atoms with Gasteiger partial charge in [-0.1, -0.05) is 139 Å². The molecule has 0 amide bonds. The standard InChI is InChI=1S/C39H26O/c1-2-11-26(12-3-1)25-36-30-13-4-6-16-33(30)38(34-17-7-5-14-31(34)36)28-23-21-27(22-24-28)29-18-10-19-35-32-15-8-9-20-37(32)40-39(29)35/h1-24H,25H2/i1D,2D,3D,4D,5D,6D,7D,11D,12D,13D,14D,16D,17D. The zero-order valence-corrected chi connectivity index (χ0v) is 21.0. The first-order valence-electron chi connectivity index (χ1n) is 19.3. The van der Waals surface area contributed by atoms with Crippen molar-refractivity contribution in [3.63, 3.8) is 0 Å². The molecule has 0 saturated carbocycles. The molecular weight excluding hydrogens is 484 g/mol. The average molecular weight is 524 g/mol. The van der Waals surface area contributed by atoms with Gasteiger partial charge in [0, 0.05) is 16.3 Å². The summed E-state index contributed by atoms with van der Waals surface area (Å²) in [7, 11) is 0. The molecule has 7 aromatic carbocycles. The molecule has 8 rings (SSSR count). The molecule has 1 aromatic heterocycles. The molecule has 8 aromatic rings. The Hall–Kier alpha value is -5.14. The second-order valence-electron chi connectivity index (χ2n) is 9.49. The van der Waals surface area contributed by atoms with Gasteiger partial charge in [0.15, 0.2) is 0 Å². The highest BCUT2D eigenvalue weighted by atomic mass is 16.3. The monoisotopic (exact) mass is 523 g/mol. The van der Waals surface area contributed by atoms with Gasteiger partial charge in [0.2, 0.25) is 0 Å². The van der Waals surface area contributed by atoms with E-state index < -0.39 is 85.0 Å². The molecule has 0 atom stereocenters. The number of fused-ring (bicyclic) bond motifs is 5. The Balaban J connectivity index is 1.48. The van der Waals surface area contributed by atoms with E-state index in [4.69, 9.17) is 22.2 Å². The lowest BCUT2D eigenvalue weighted by Crippen LogP contribution is -1.95. The minimum Gasteiger partial charge on any atom is -0.455 e. The third kappa shape index (κ3) is 3.63. The van der Waals surface area contributed by atoms with Crippen LogP contribution in [0.25, 0.3) is 65.7 Å². The van der Waals surface area contributed by atoms with Crippen molar-refractivity contribution in [1.29, 1.82) is 0 Å². The van der Waals surface area contributed by atoms with Crippen molar-refractivity contribution in [2.75, 3.05) is 0 Å². The molecule has 0 saturated heterocycles. The molecule has 0 aliphatic heterocycles. The van der Waals surface area contributed by atoms with Crippen molar-refractivity contribution < 1.29 is 22.2 Å². The van der Waals surface area contributed by atoms with Crippen molar-refractivity contribution >= 4 is 43.5 Å². The summed E-state index contributed by atoms with van der Waals surface area (Å²) in [6.45, 7) is 0. The SMILES string of the molecule is [2H]c1c([2H])c([2H])c(Cc2c3c([2H])c([2H])c([2H])c([2H])c3c(-c3ccc(-c4cccc5c4oc4ccccc45)cc3)c3c([2H])c([2H])c([2H])c([2H])c23)c([2H])c1[2H]. The normalized spacial score (nSPS) is 16.1. The molecule has 0 fully saturated rings. The van der Waals surface area contributed by atoms with Crippen LogP contribution in [0, 0.1) is 0 Å². The lowest BCUT2D eigenvalue weighted by molar-refractivity contribution is 0.670. The van der Waals surface area contributed by atoms with Crippen LogP contribution in [0.2, 0.25) is 0 Å². The first-order valence-corrected chi connectivity index (χ1v) is 12.8. The van der Waals surface area contributed by atoms with E-state index >= 15 is 0 Å². The van der Waals surface area contributed by atoms with Crippen LogP contribution in [-0.4, -0.2) is 0 Å². The smallest absolute Gasteiger partial charge is 0.143 e.